The fraction of sp³-hybridized carbons (Fsp3) is 0.0980. The number of fused-ring (bicyclic) bond motifs is 3. The minimum Gasteiger partial charge on any atom is -0.299 e. The van der Waals surface area contributed by atoms with Gasteiger partial charge in [-0.1, -0.05) is 152 Å². The van der Waals surface area contributed by atoms with Gasteiger partial charge in [0.15, 0.2) is 6.17 Å². The summed E-state index contributed by atoms with van der Waals surface area (Å²) in [6.45, 7) is 0. The zero-order chi connectivity index (χ0) is 35.8. The van der Waals surface area contributed by atoms with Gasteiger partial charge in [0.05, 0.1) is 11.4 Å². The Morgan fingerprint density at radius 1 is 0.593 bits per heavy atom. The van der Waals surface area contributed by atoms with E-state index in [1.807, 2.05) is 0 Å². The molecule has 258 valence electrons. The first kappa shape index (κ1) is 32.1. The molecule has 3 heteroatoms. The van der Waals surface area contributed by atoms with Gasteiger partial charge in [-0.05, 0) is 100 Å². The summed E-state index contributed by atoms with van der Waals surface area (Å²) in [7, 11) is 0. The van der Waals surface area contributed by atoms with Gasteiger partial charge in [-0.3, -0.25) is 4.90 Å². The van der Waals surface area contributed by atoms with Gasteiger partial charge in [-0.2, -0.15) is 0 Å². The predicted octanol–water partition coefficient (Wildman–Crippen LogP) is 12.6. The van der Waals surface area contributed by atoms with Gasteiger partial charge in [-0.25, -0.2) is 9.98 Å². The highest BCUT2D eigenvalue weighted by atomic mass is 15.4. The predicted molar refractivity (Wildman–Crippen MR) is 226 cm³/mol. The molecule has 2 heterocycles. The lowest BCUT2D eigenvalue weighted by molar-refractivity contribution is 0.689. The second-order valence-electron chi connectivity index (χ2n) is 14.4. The number of aliphatic imine (C=N–C) groups is 1. The number of rotatable bonds is 7. The van der Waals surface area contributed by atoms with Crippen molar-refractivity contribution in [1.29, 1.82) is 0 Å². The van der Waals surface area contributed by atoms with Crippen LogP contribution in [0.1, 0.15) is 58.9 Å². The number of hydrogen-bond donors (Lipinski definition) is 0. The van der Waals surface area contributed by atoms with Gasteiger partial charge < -0.3 is 0 Å². The van der Waals surface area contributed by atoms with Crippen molar-refractivity contribution < 1.29 is 0 Å². The normalized spacial score (nSPS) is 18.4. The third-order valence-electron chi connectivity index (χ3n) is 11.0. The highest BCUT2D eigenvalue weighted by molar-refractivity contribution is 6.14. The molecule has 10 rings (SSSR count). The fourth-order valence-electron chi connectivity index (χ4n) is 8.33. The lowest BCUT2D eigenvalue weighted by Gasteiger charge is -2.41. The van der Waals surface area contributed by atoms with E-state index in [4.69, 9.17) is 9.98 Å². The standard InChI is InChI=1S/C51H39N3/c1-5-15-35(16-6-1)38-21-13-23-42(32-38)50-53-51(54(50)44-25-11-4-12-26-44)43-24-14-22-39(33-43)40-27-29-45-41(31-40)28-30-47-49(45)46(36-17-7-2-8-18-36)34-48(52-47)37-19-9-3-10-20-37/h2-5,7-30,32-34,41,51H,1,6,31H2. The first-order valence-corrected chi connectivity index (χ1v) is 19.0. The molecule has 54 heavy (non-hydrogen) atoms. The highest BCUT2D eigenvalue weighted by Gasteiger charge is 2.35. The number of anilines is 1. The Hall–Kier alpha value is -6.58. The number of pyridine rings is 1. The number of benzene rings is 5. The van der Waals surface area contributed by atoms with Crippen molar-refractivity contribution in [2.75, 3.05) is 4.90 Å². The van der Waals surface area contributed by atoms with Crippen molar-refractivity contribution in [3.63, 3.8) is 0 Å². The van der Waals surface area contributed by atoms with Crippen LogP contribution in [-0.4, -0.2) is 10.8 Å². The summed E-state index contributed by atoms with van der Waals surface area (Å²) in [6.07, 6.45) is 19.2. The van der Waals surface area contributed by atoms with E-state index in [-0.39, 0.29) is 12.1 Å². The molecule has 2 atom stereocenters. The molecule has 5 aromatic carbocycles. The summed E-state index contributed by atoms with van der Waals surface area (Å²) in [5.41, 5.74) is 16.8. The Kier molecular flexibility index (Phi) is 8.18. The zero-order valence-electron chi connectivity index (χ0n) is 30.0. The van der Waals surface area contributed by atoms with Crippen LogP contribution < -0.4 is 4.90 Å². The summed E-state index contributed by atoms with van der Waals surface area (Å²) in [5, 5.41) is 0. The van der Waals surface area contributed by atoms with Gasteiger partial charge in [0.2, 0.25) is 0 Å². The van der Waals surface area contributed by atoms with Crippen LogP contribution in [0.2, 0.25) is 0 Å². The molecule has 0 saturated carbocycles. The number of para-hydroxylation sites is 1. The molecular weight excluding hydrogens is 655 g/mol. The van der Waals surface area contributed by atoms with E-state index in [0.29, 0.717) is 0 Å². The average Bonchev–Trinajstić information content (AvgIpc) is 3.24. The number of amidine groups is 1. The molecule has 0 fully saturated rings. The van der Waals surface area contributed by atoms with Crippen LogP contribution in [0.15, 0.2) is 187 Å². The first-order valence-electron chi connectivity index (χ1n) is 19.0. The minimum atomic E-state index is -0.102. The van der Waals surface area contributed by atoms with Crippen LogP contribution in [0.4, 0.5) is 5.69 Å². The van der Waals surface area contributed by atoms with Crippen molar-refractivity contribution in [2.24, 2.45) is 10.9 Å². The lowest BCUT2D eigenvalue weighted by atomic mass is 9.75. The summed E-state index contributed by atoms with van der Waals surface area (Å²) in [5.74, 6) is 1.27. The number of allylic oxidation sites excluding steroid dienone is 9. The topological polar surface area (TPSA) is 28.5 Å². The Morgan fingerprint density at radius 3 is 2.11 bits per heavy atom. The van der Waals surface area contributed by atoms with Crippen molar-refractivity contribution in [3.05, 3.63) is 216 Å². The van der Waals surface area contributed by atoms with Crippen LogP contribution in [0.5, 0.6) is 0 Å². The number of aromatic nitrogens is 1. The molecule has 0 bridgehead atoms. The molecule has 3 aliphatic carbocycles. The van der Waals surface area contributed by atoms with E-state index in [9.17, 15) is 0 Å². The smallest absolute Gasteiger partial charge is 0.155 e. The summed E-state index contributed by atoms with van der Waals surface area (Å²) < 4.78 is 0. The van der Waals surface area contributed by atoms with Crippen molar-refractivity contribution in [3.8, 4) is 22.4 Å². The maximum Gasteiger partial charge on any atom is 0.155 e. The Balaban J connectivity index is 1.00. The second-order valence-corrected chi connectivity index (χ2v) is 14.4. The van der Waals surface area contributed by atoms with E-state index in [1.54, 1.807) is 0 Å². The van der Waals surface area contributed by atoms with Gasteiger partial charge >= 0.3 is 0 Å². The molecule has 1 aliphatic heterocycles. The second kappa shape index (κ2) is 13.8. The SMILES string of the molecule is C1=CC(c2cccc(C3=NC(c4cccc(C5=CC=C6c7c(-c8ccccc8)cc(-c8ccccc8)nc7C=CC6C5)c4)N3c3ccccc3)c2)=CCC1. The molecule has 0 N–H and O–H groups in total. The van der Waals surface area contributed by atoms with Gasteiger partial charge in [-0.15, -0.1) is 0 Å². The van der Waals surface area contributed by atoms with E-state index in [0.717, 1.165) is 53.3 Å². The van der Waals surface area contributed by atoms with E-state index in [1.165, 1.54) is 50.1 Å². The quantitative estimate of drug-likeness (QED) is 0.166. The summed E-state index contributed by atoms with van der Waals surface area (Å²) >= 11 is 0. The van der Waals surface area contributed by atoms with E-state index in [2.05, 4.69) is 193 Å². The van der Waals surface area contributed by atoms with Crippen molar-refractivity contribution >= 4 is 34.3 Å². The van der Waals surface area contributed by atoms with E-state index < -0.39 is 0 Å². The molecule has 0 radical (unpaired) electrons. The van der Waals surface area contributed by atoms with E-state index >= 15 is 0 Å². The monoisotopic (exact) mass is 693 g/mol. The van der Waals surface area contributed by atoms with Crippen molar-refractivity contribution in [2.45, 2.75) is 25.4 Å². The molecule has 2 unspecified atom stereocenters. The molecule has 6 aromatic rings. The zero-order valence-corrected chi connectivity index (χ0v) is 30.0. The molecule has 1 aromatic heterocycles. The number of hydrogen-bond acceptors (Lipinski definition) is 3. The Labute approximate surface area is 317 Å². The first-order chi connectivity index (χ1) is 26.8. The summed E-state index contributed by atoms with van der Waals surface area (Å²) in [6, 6.07) is 52.1. The van der Waals surface area contributed by atoms with Crippen LogP contribution in [0, 0.1) is 5.92 Å². The van der Waals surface area contributed by atoms with Crippen LogP contribution in [0.25, 0.3) is 45.2 Å². The van der Waals surface area contributed by atoms with Crippen LogP contribution >= 0.6 is 0 Å². The van der Waals surface area contributed by atoms with Crippen molar-refractivity contribution in [1.82, 2.24) is 4.98 Å². The van der Waals surface area contributed by atoms with Gasteiger partial charge in [0, 0.05) is 28.3 Å². The third-order valence-corrected chi connectivity index (χ3v) is 11.0. The Morgan fingerprint density at radius 2 is 1.31 bits per heavy atom. The average molecular weight is 694 g/mol. The maximum atomic E-state index is 5.31. The molecule has 0 amide bonds. The summed E-state index contributed by atoms with van der Waals surface area (Å²) in [4.78, 5) is 12.9. The molecule has 0 saturated heterocycles. The highest BCUT2D eigenvalue weighted by Crippen LogP contribution is 2.46. The Bertz CT molecular complexity index is 2570. The van der Waals surface area contributed by atoms with Crippen LogP contribution in [-0.2, 0) is 0 Å². The maximum absolute atomic E-state index is 5.31. The van der Waals surface area contributed by atoms with Crippen LogP contribution in [0.3, 0.4) is 0 Å². The minimum absolute atomic E-state index is 0.102. The molecule has 4 aliphatic rings. The fourth-order valence-corrected chi connectivity index (χ4v) is 8.33. The van der Waals surface area contributed by atoms with Gasteiger partial charge in [0.1, 0.15) is 5.84 Å². The lowest BCUT2D eigenvalue weighted by Crippen LogP contribution is -2.43. The molecule has 0 spiro atoms. The molecular formula is C51H39N3. The largest absolute Gasteiger partial charge is 0.299 e. The van der Waals surface area contributed by atoms with Gasteiger partial charge in [0.25, 0.3) is 0 Å². The third kappa shape index (κ3) is 5.88. The molecule has 3 nitrogen and oxygen atoms in total. The number of nitrogens with zero attached hydrogens (tertiary/aromatic N) is 3.